The lowest BCUT2D eigenvalue weighted by atomic mass is 10.0. The Balaban J connectivity index is 2.53. The zero-order valence-electron chi connectivity index (χ0n) is 13.8. The van der Waals surface area contributed by atoms with E-state index in [0.29, 0.717) is 30.0 Å². The third kappa shape index (κ3) is 7.00. The molecule has 1 aromatic rings. The van der Waals surface area contributed by atoms with Crippen LogP contribution in [-0.4, -0.2) is 35.5 Å². The van der Waals surface area contributed by atoms with Gasteiger partial charge in [-0.2, -0.15) is 0 Å². The maximum absolute atomic E-state index is 12.2. The molecule has 0 spiro atoms. The Labute approximate surface area is 146 Å². The van der Waals surface area contributed by atoms with Crippen LogP contribution in [0.2, 0.25) is 5.02 Å². The van der Waals surface area contributed by atoms with Crippen LogP contribution in [0.4, 0.5) is 0 Å². The summed E-state index contributed by atoms with van der Waals surface area (Å²) >= 11 is 5.79. The molecular formula is C17H23ClN2O4. The summed E-state index contributed by atoms with van der Waals surface area (Å²) in [5, 5.41) is 14.6. The van der Waals surface area contributed by atoms with Crippen molar-refractivity contribution < 1.29 is 19.5 Å². The van der Waals surface area contributed by atoms with Gasteiger partial charge in [0.15, 0.2) is 0 Å². The molecule has 0 heterocycles. The first-order valence-corrected chi connectivity index (χ1v) is 8.25. The standard InChI is InChI=1S/C17H23ClN2O4/c1-11(2)15(17(24)19-10-4-3-5-14(21)22)20-16(23)12-6-8-13(18)9-7-12/h6-9,11,15H,3-5,10H2,1-2H3,(H,19,24)(H,20,23)(H,21,22)/t15-/m1/s1. The van der Waals surface area contributed by atoms with Crippen LogP contribution in [-0.2, 0) is 9.59 Å². The molecule has 0 aliphatic heterocycles. The maximum Gasteiger partial charge on any atom is 0.303 e. The number of unbranched alkanes of at least 4 members (excludes halogenated alkanes) is 1. The highest BCUT2D eigenvalue weighted by molar-refractivity contribution is 6.30. The van der Waals surface area contributed by atoms with Gasteiger partial charge in [0, 0.05) is 23.6 Å². The maximum atomic E-state index is 12.2. The van der Waals surface area contributed by atoms with Crippen LogP contribution in [0.15, 0.2) is 24.3 Å². The third-order valence-electron chi connectivity index (χ3n) is 3.46. The number of carboxylic acid groups (broad SMARTS) is 1. The molecule has 1 atom stereocenters. The van der Waals surface area contributed by atoms with E-state index in [-0.39, 0.29) is 24.2 Å². The average Bonchev–Trinajstić information content (AvgIpc) is 2.51. The minimum absolute atomic E-state index is 0.0801. The van der Waals surface area contributed by atoms with Crippen molar-refractivity contribution in [3.05, 3.63) is 34.9 Å². The minimum Gasteiger partial charge on any atom is -0.481 e. The quantitative estimate of drug-likeness (QED) is 0.593. The van der Waals surface area contributed by atoms with Crippen molar-refractivity contribution in [2.45, 2.75) is 39.2 Å². The van der Waals surface area contributed by atoms with Gasteiger partial charge >= 0.3 is 5.97 Å². The second-order valence-corrected chi connectivity index (χ2v) is 6.28. The number of halogens is 1. The molecule has 0 saturated heterocycles. The molecule has 1 rings (SSSR count). The summed E-state index contributed by atoms with van der Waals surface area (Å²) in [5.41, 5.74) is 0.430. The smallest absolute Gasteiger partial charge is 0.303 e. The summed E-state index contributed by atoms with van der Waals surface area (Å²) < 4.78 is 0. The third-order valence-corrected chi connectivity index (χ3v) is 3.71. The zero-order valence-corrected chi connectivity index (χ0v) is 14.6. The Morgan fingerprint density at radius 2 is 1.75 bits per heavy atom. The van der Waals surface area contributed by atoms with Crippen molar-refractivity contribution >= 4 is 29.4 Å². The molecule has 0 aromatic heterocycles. The van der Waals surface area contributed by atoms with Gasteiger partial charge in [0.2, 0.25) is 5.91 Å². The van der Waals surface area contributed by atoms with Crippen LogP contribution >= 0.6 is 11.6 Å². The molecule has 0 saturated carbocycles. The number of carbonyl (C=O) groups is 3. The highest BCUT2D eigenvalue weighted by Gasteiger charge is 2.24. The normalized spacial score (nSPS) is 11.8. The molecule has 3 N–H and O–H groups in total. The predicted molar refractivity (Wildman–Crippen MR) is 92.0 cm³/mol. The van der Waals surface area contributed by atoms with E-state index >= 15 is 0 Å². The lowest BCUT2D eigenvalue weighted by Crippen LogP contribution is -2.49. The van der Waals surface area contributed by atoms with Crippen LogP contribution in [0.25, 0.3) is 0 Å². The van der Waals surface area contributed by atoms with E-state index in [4.69, 9.17) is 16.7 Å². The van der Waals surface area contributed by atoms with Gasteiger partial charge in [-0.1, -0.05) is 25.4 Å². The fraction of sp³-hybridized carbons (Fsp3) is 0.471. The van der Waals surface area contributed by atoms with Crippen LogP contribution in [0.1, 0.15) is 43.5 Å². The molecule has 24 heavy (non-hydrogen) atoms. The first-order valence-electron chi connectivity index (χ1n) is 7.87. The second-order valence-electron chi connectivity index (χ2n) is 5.84. The van der Waals surface area contributed by atoms with Crippen molar-refractivity contribution in [1.29, 1.82) is 0 Å². The van der Waals surface area contributed by atoms with E-state index in [0.717, 1.165) is 0 Å². The van der Waals surface area contributed by atoms with Crippen molar-refractivity contribution in [1.82, 2.24) is 10.6 Å². The van der Waals surface area contributed by atoms with Crippen LogP contribution < -0.4 is 10.6 Å². The number of nitrogens with one attached hydrogen (secondary N) is 2. The van der Waals surface area contributed by atoms with Gasteiger partial charge < -0.3 is 15.7 Å². The second kappa shape index (κ2) is 9.93. The van der Waals surface area contributed by atoms with E-state index < -0.39 is 12.0 Å². The minimum atomic E-state index is -0.850. The molecule has 1 aromatic carbocycles. The van der Waals surface area contributed by atoms with Crippen molar-refractivity contribution in [2.24, 2.45) is 5.92 Å². The summed E-state index contributed by atoms with van der Waals surface area (Å²) in [4.78, 5) is 34.9. The van der Waals surface area contributed by atoms with E-state index in [1.165, 1.54) is 0 Å². The number of amides is 2. The Morgan fingerprint density at radius 1 is 1.12 bits per heavy atom. The predicted octanol–water partition coefficient (Wildman–Crippen LogP) is 2.47. The molecule has 132 valence electrons. The fourth-order valence-electron chi connectivity index (χ4n) is 2.08. The Morgan fingerprint density at radius 3 is 2.29 bits per heavy atom. The van der Waals surface area contributed by atoms with E-state index in [2.05, 4.69) is 10.6 Å². The van der Waals surface area contributed by atoms with Crippen LogP contribution in [0.5, 0.6) is 0 Å². The highest BCUT2D eigenvalue weighted by atomic mass is 35.5. The van der Waals surface area contributed by atoms with Gasteiger partial charge in [-0.05, 0) is 43.0 Å². The molecule has 0 unspecified atom stereocenters. The summed E-state index contributed by atoms with van der Waals surface area (Å²) in [5.74, 6) is -1.55. The topological polar surface area (TPSA) is 95.5 Å². The molecule has 0 aliphatic carbocycles. The molecule has 0 aliphatic rings. The monoisotopic (exact) mass is 354 g/mol. The lowest BCUT2D eigenvalue weighted by molar-refractivity contribution is -0.137. The largest absolute Gasteiger partial charge is 0.481 e. The van der Waals surface area contributed by atoms with E-state index in [1.54, 1.807) is 24.3 Å². The fourth-order valence-corrected chi connectivity index (χ4v) is 2.21. The molecule has 0 fully saturated rings. The first-order chi connectivity index (χ1) is 11.3. The van der Waals surface area contributed by atoms with Gasteiger partial charge in [-0.15, -0.1) is 0 Å². The Bertz CT molecular complexity index is 572. The molecule has 0 radical (unpaired) electrons. The summed E-state index contributed by atoms with van der Waals surface area (Å²) in [6, 6.07) is 5.76. The van der Waals surface area contributed by atoms with E-state index in [9.17, 15) is 14.4 Å². The van der Waals surface area contributed by atoms with Gasteiger partial charge in [0.05, 0.1) is 0 Å². The molecule has 2 amide bonds. The van der Waals surface area contributed by atoms with E-state index in [1.807, 2.05) is 13.8 Å². The highest BCUT2D eigenvalue weighted by Crippen LogP contribution is 2.10. The van der Waals surface area contributed by atoms with Gasteiger partial charge in [0.1, 0.15) is 6.04 Å². The van der Waals surface area contributed by atoms with Gasteiger partial charge in [0.25, 0.3) is 5.91 Å². The number of benzene rings is 1. The molecular weight excluding hydrogens is 332 g/mol. The molecule has 7 heteroatoms. The summed E-state index contributed by atoms with van der Waals surface area (Å²) in [7, 11) is 0. The van der Waals surface area contributed by atoms with Crippen molar-refractivity contribution in [3.63, 3.8) is 0 Å². The van der Waals surface area contributed by atoms with Gasteiger partial charge in [-0.25, -0.2) is 0 Å². The molecule has 0 bridgehead atoms. The molecule has 6 nitrogen and oxygen atoms in total. The summed E-state index contributed by atoms with van der Waals surface area (Å²) in [6.07, 6.45) is 1.16. The Hall–Kier alpha value is -2.08. The number of carboxylic acids is 1. The lowest BCUT2D eigenvalue weighted by Gasteiger charge is -2.21. The SMILES string of the molecule is CC(C)[C@@H](NC(=O)c1ccc(Cl)cc1)C(=O)NCCCCC(=O)O. The van der Waals surface area contributed by atoms with Gasteiger partial charge in [-0.3, -0.25) is 14.4 Å². The number of rotatable bonds is 9. The van der Waals surface area contributed by atoms with Crippen LogP contribution in [0.3, 0.4) is 0 Å². The number of hydrogen-bond donors (Lipinski definition) is 3. The van der Waals surface area contributed by atoms with Crippen molar-refractivity contribution in [2.75, 3.05) is 6.54 Å². The average molecular weight is 355 g/mol. The number of hydrogen-bond acceptors (Lipinski definition) is 3. The van der Waals surface area contributed by atoms with Crippen molar-refractivity contribution in [3.8, 4) is 0 Å². The Kier molecular flexibility index (Phi) is 8.26. The first kappa shape index (κ1) is 20.0. The summed E-state index contributed by atoms with van der Waals surface area (Å²) in [6.45, 7) is 4.07. The number of aliphatic carboxylic acids is 1. The number of carbonyl (C=O) groups excluding carboxylic acids is 2. The zero-order chi connectivity index (χ0) is 18.1. The van der Waals surface area contributed by atoms with Crippen LogP contribution in [0, 0.1) is 5.92 Å².